The van der Waals surface area contributed by atoms with Crippen LogP contribution in [-0.4, -0.2) is 4.98 Å². The molecule has 3 heteroatoms. The van der Waals surface area contributed by atoms with Crippen molar-refractivity contribution in [3.05, 3.63) is 30.1 Å². The van der Waals surface area contributed by atoms with Gasteiger partial charge in [-0.05, 0) is 18.1 Å². The molecule has 10 heavy (non-hydrogen) atoms. The molecule has 2 heterocycles. The van der Waals surface area contributed by atoms with Crippen LogP contribution in [0.25, 0.3) is 0 Å². The number of anilines is 1. The number of allylic oxidation sites excluding steroid dienone is 1. The molecular weight excluding hydrogens is 148 g/mol. The Bertz CT molecular complexity index is 264. The number of rotatable bonds is 0. The van der Waals surface area contributed by atoms with Crippen LogP contribution in [0, 0.1) is 0 Å². The maximum atomic E-state index is 5.80. The number of nitrogens with zero attached hydrogens (tertiary/aromatic N) is 1. The Hall–Kier alpha value is -0.890. The van der Waals surface area contributed by atoms with Crippen LogP contribution < -0.4 is 4.42 Å². The monoisotopic (exact) mass is 154 g/mol. The first-order valence-electron chi connectivity index (χ1n) is 3.16. The Morgan fingerprint density at radius 1 is 1.60 bits per heavy atom. The smallest absolute Gasteiger partial charge is 0.128 e. The van der Waals surface area contributed by atoms with Gasteiger partial charge in [0.2, 0.25) is 0 Å². The van der Waals surface area contributed by atoms with Crippen molar-refractivity contribution in [2.45, 2.75) is 6.42 Å². The highest BCUT2D eigenvalue weighted by molar-refractivity contribution is 6.26. The molecule has 0 aliphatic carbocycles. The minimum absolute atomic E-state index is 0.974. The van der Waals surface area contributed by atoms with Gasteiger partial charge in [-0.3, -0.25) is 0 Å². The number of H-pyrrole nitrogens is 1. The van der Waals surface area contributed by atoms with Crippen molar-refractivity contribution in [2.24, 2.45) is 0 Å². The first kappa shape index (κ1) is 5.86. The van der Waals surface area contributed by atoms with E-state index in [1.807, 2.05) is 24.5 Å². The Labute approximate surface area is 64.2 Å². The zero-order valence-electron chi connectivity index (χ0n) is 5.34. The first-order chi connectivity index (χ1) is 4.88. The lowest BCUT2D eigenvalue weighted by molar-refractivity contribution is 1.16. The summed E-state index contributed by atoms with van der Waals surface area (Å²) in [5, 5.41) is 0. The van der Waals surface area contributed by atoms with E-state index in [1.165, 1.54) is 5.56 Å². The number of aromatic nitrogens is 1. The largest absolute Gasteiger partial charge is 0.347 e. The summed E-state index contributed by atoms with van der Waals surface area (Å²) >= 11 is 5.80. The van der Waals surface area contributed by atoms with Crippen LogP contribution in [0.15, 0.2) is 24.5 Å². The molecule has 0 aromatic carbocycles. The molecule has 2 rings (SSSR count). The molecule has 0 spiro atoms. The van der Waals surface area contributed by atoms with Crippen LogP contribution in [0.5, 0.6) is 0 Å². The van der Waals surface area contributed by atoms with E-state index < -0.39 is 0 Å². The predicted molar refractivity (Wildman–Crippen MR) is 42.0 cm³/mol. The highest BCUT2D eigenvalue weighted by Crippen LogP contribution is 2.24. The van der Waals surface area contributed by atoms with Crippen molar-refractivity contribution in [2.75, 3.05) is 4.42 Å². The fraction of sp³-hybridized carbons (Fsp3) is 0.143. The summed E-state index contributed by atoms with van der Waals surface area (Å²) in [6, 6.07) is 2.04. The molecular formula is C7H7ClN2. The average molecular weight is 155 g/mol. The van der Waals surface area contributed by atoms with E-state index in [0.29, 0.717) is 0 Å². The van der Waals surface area contributed by atoms with Crippen molar-refractivity contribution in [3.8, 4) is 0 Å². The molecule has 0 amide bonds. The van der Waals surface area contributed by atoms with E-state index >= 15 is 0 Å². The lowest BCUT2D eigenvalue weighted by Crippen LogP contribution is -2.06. The van der Waals surface area contributed by atoms with Gasteiger partial charge in [-0.25, -0.2) is 4.42 Å². The molecule has 1 aliphatic heterocycles. The summed E-state index contributed by atoms with van der Waals surface area (Å²) in [6.07, 6.45) is 6.75. The maximum Gasteiger partial charge on any atom is 0.128 e. The summed E-state index contributed by atoms with van der Waals surface area (Å²) in [6.45, 7) is 0. The number of nitrogens with one attached hydrogen (secondary N) is 1. The fourth-order valence-corrected chi connectivity index (χ4v) is 1.34. The molecule has 2 nitrogen and oxygen atoms in total. The molecule has 0 unspecified atom stereocenters. The van der Waals surface area contributed by atoms with Crippen LogP contribution in [0.3, 0.4) is 0 Å². The molecule has 0 atom stereocenters. The second-order valence-electron chi connectivity index (χ2n) is 2.25. The van der Waals surface area contributed by atoms with Gasteiger partial charge in [-0.1, -0.05) is 6.08 Å². The van der Waals surface area contributed by atoms with Gasteiger partial charge in [-0.15, -0.1) is 0 Å². The Kier molecular flexibility index (Phi) is 1.21. The summed E-state index contributed by atoms with van der Waals surface area (Å²) in [5.41, 5.74) is 1.25. The number of fused-ring (bicyclic) bond motifs is 1. The zero-order valence-corrected chi connectivity index (χ0v) is 6.10. The van der Waals surface area contributed by atoms with Gasteiger partial charge in [0.15, 0.2) is 0 Å². The zero-order chi connectivity index (χ0) is 6.97. The van der Waals surface area contributed by atoms with Crippen LogP contribution in [0.2, 0.25) is 0 Å². The summed E-state index contributed by atoms with van der Waals surface area (Å²) in [5.74, 6) is 0.990. The highest BCUT2D eigenvalue weighted by atomic mass is 35.5. The number of hydrogen-bond acceptors (Lipinski definition) is 1. The van der Waals surface area contributed by atoms with Gasteiger partial charge < -0.3 is 4.98 Å². The lowest BCUT2D eigenvalue weighted by atomic mass is 10.2. The maximum absolute atomic E-state index is 5.80. The predicted octanol–water partition coefficient (Wildman–Crippen LogP) is 2.04. The number of aromatic amines is 1. The molecule has 1 N–H and O–H groups in total. The Morgan fingerprint density at radius 3 is 3.30 bits per heavy atom. The third-order valence-electron chi connectivity index (χ3n) is 1.60. The van der Waals surface area contributed by atoms with E-state index in [9.17, 15) is 0 Å². The molecule has 52 valence electrons. The SMILES string of the molecule is ClN1C=CCc2cc[nH]c21. The van der Waals surface area contributed by atoms with E-state index in [2.05, 4.69) is 4.98 Å². The Balaban J connectivity index is 2.48. The molecule has 0 radical (unpaired) electrons. The second-order valence-corrected chi connectivity index (χ2v) is 2.62. The average Bonchev–Trinajstić information content (AvgIpc) is 2.36. The minimum atomic E-state index is 0.974. The van der Waals surface area contributed by atoms with Gasteiger partial charge in [0.25, 0.3) is 0 Å². The van der Waals surface area contributed by atoms with Crippen molar-refractivity contribution in [1.82, 2.24) is 4.98 Å². The molecule has 1 aromatic rings. The van der Waals surface area contributed by atoms with Crippen LogP contribution in [0.4, 0.5) is 5.82 Å². The second kappa shape index (κ2) is 2.06. The van der Waals surface area contributed by atoms with Crippen molar-refractivity contribution < 1.29 is 0 Å². The molecule has 1 aromatic heterocycles. The third kappa shape index (κ3) is 0.727. The van der Waals surface area contributed by atoms with Crippen LogP contribution >= 0.6 is 11.8 Å². The topological polar surface area (TPSA) is 19.0 Å². The molecule has 0 bridgehead atoms. The fourth-order valence-electron chi connectivity index (χ4n) is 1.10. The number of halogens is 1. The standard InChI is InChI=1S/C7H7ClN2/c8-10-5-1-2-6-3-4-9-7(6)10/h1,3-5,9H,2H2. The van der Waals surface area contributed by atoms with Gasteiger partial charge >= 0.3 is 0 Å². The lowest BCUT2D eigenvalue weighted by Gasteiger charge is -2.14. The number of hydrogen-bond donors (Lipinski definition) is 1. The summed E-state index contributed by atoms with van der Waals surface area (Å²) in [7, 11) is 0. The van der Waals surface area contributed by atoms with Crippen LogP contribution in [-0.2, 0) is 6.42 Å². The molecule has 0 saturated carbocycles. The van der Waals surface area contributed by atoms with E-state index in [-0.39, 0.29) is 0 Å². The normalized spacial score (nSPS) is 15.5. The molecule has 0 saturated heterocycles. The van der Waals surface area contributed by atoms with Crippen molar-refractivity contribution in [1.29, 1.82) is 0 Å². The van der Waals surface area contributed by atoms with Crippen molar-refractivity contribution in [3.63, 3.8) is 0 Å². The van der Waals surface area contributed by atoms with Gasteiger partial charge in [0, 0.05) is 24.2 Å². The van der Waals surface area contributed by atoms with Gasteiger partial charge in [-0.2, -0.15) is 0 Å². The van der Waals surface area contributed by atoms with E-state index in [4.69, 9.17) is 11.8 Å². The van der Waals surface area contributed by atoms with E-state index in [0.717, 1.165) is 12.2 Å². The van der Waals surface area contributed by atoms with E-state index in [1.54, 1.807) is 4.42 Å². The van der Waals surface area contributed by atoms with Crippen molar-refractivity contribution >= 4 is 17.6 Å². The van der Waals surface area contributed by atoms with Crippen LogP contribution in [0.1, 0.15) is 5.56 Å². The minimum Gasteiger partial charge on any atom is -0.347 e. The van der Waals surface area contributed by atoms with Gasteiger partial charge in [0.1, 0.15) is 5.82 Å². The highest BCUT2D eigenvalue weighted by Gasteiger charge is 2.10. The van der Waals surface area contributed by atoms with Gasteiger partial charge in [0.05, 0.1) is 0 Å². The molecule has 1 aliphatic rings. The summed E-state index contributed by atoms with van der Waals surface area (Å²) in [4.78, 5) is 3.05. The quantitative estimate of drug-likeness (QED) is 0.567. The molecule has 0 fully saturated rings. The summed E-state index contributed by atoms with van der Waals surface area (Å²) < 4.78 is 1.57. The third-order valence-corrected chi connectivity index (χ3v) is 1.88. The first-order valence-corrected chi connectivity index (χ1v) is 3.49. The Morgan fingerprint density at radius 2 is 2.50 bits per heavy atom.